The van der Waals surface area contributed by atoms with Gasteiger partial charge in [0.1, 0.15) is 0 Å². The average Bonchev–Trinajstić information content (AvgIpc) is 2.25. The molecule has 0 aliphatic heterocycles. The van der Waals surface area contributed by atoms with Gasteiger partial charge in [0.25, 0.3) is 5.69 Å². The van der Waals surface area contributed by atoms with Crippen LogP contribution in [0, 0.1) is 10.1 Å². The minimum absolute atomic E-state index is 0.148. The number of rotatable bonds is 4. The Morgan fingerprint density at radius 2 is 2.11 bits per heavy atom. The lowest BCUT2D eigenvalue weighted by atomic mass is 10.1. The number of hydrogen-bond donors (Lipinski definition) is 1. The van der Waals surface area contributed by atoms with Gasteiger partial charge in [0.2, 0.25) is 0 Å². The second-order valence-electron chi connectivity index (χ2n) is 3.64. The van der Waals surface area contributed by atoms with Crippen LogP contribution in [0.15, 0.2) is 18.2 Å². The van der Waals surface area contributed by atoms with Crippen LogP contribution in [0.2, 0.25) is 0 Å². The summed E-state index contributed by atoms with van der Waals surface area (Å²) in [5.74, 6) is 0. The van der Waals surface area contributed by atoms with E-state index in [0.717, 1.165) is 13.0 Å². The number of hydrogen-bond acceptors (Lipinski definition) is 4. The van der Waals surface area contributed by atoms with Crippen molar-refractivity contribution in [3.63, 3.8) is 0 Å². The molecule has 0 heterocycles. The molecule has 18 heavy (non-hydrogen) atoms. The molecule has 0 aliphatic rings. The van der Waals surface area contributed by atoms with Gasteiger partial charge >= 0.3 is 6.18 Å². The van der Waals surface area contributed by atoms with Crippen molar-refractivity contribution in [2.75, 3.05) is 5.73 Å². The molecule has 0 spiro atoms. The Balaban J connectivity index is 2.78. The maximum absolute atomic E-state index is 12.2. The van der Waals surface area contributed by atoms with Gasteiger partial charge in [-0.2, -0.15) is 13.2 Å². The standard InChI is InChI=1S/C10H11F3N2O3/c1-6(10(11,12)13)18-5-7-4-8(15(16)17)2-3-9(7)14/h2-4,6H,5,14H2,1H3. The van der Waals surface area contributed by atoms with Crippen LogP contribution >= 0.6 is 0 Å². The summed E-state index contributed by atoms with van der Waals surface area (Å²) in [5, 5.41) is 10.5. The summed E-state index contributed by atoms with van der Waals surface area (Å²) in [5.41, 5.74) is 5.55. The van der Waals surface area contributed by atoms with Crippen molar-refractivity contribution in [3.8, 4) is 0 Å². The monoisotopic (exact) mass is 264 g/mol. The fourth-order valence-electron chi connectivity index (χ4n) is 1.14. The van der Waals surface area contributed by atoms with Crippen LogP contribution in [0.1, 0.15) is 12.5 Å². The molecule has 1 aromatic rings. The number of ether oxygens (including phenoxy) is 1. The molecule has 0 saturated heterocycles. The summed E-state index contributed by atoms with van der Waals surface area (Å²) < 4.78 is 41.2. The van der Waals surface area contributed by atoms with Crippen LogP contribution in [-0.4, -0.2) is 17.2 Å². The van der Waals surface area contributed by atoms with Gasteiger partial charge in [0.15, 0.2) is 6.10 Å². The van der Waals surface area contributed by atoms with E-state index in [4.69, 9.17) is 5.73 Å². The smallest absolute Gasteiger partial charge is 0.398 e. The molecular formula is C10H11F3N2O3. The van der Waals surface area contributed by atoms with Crippen LogP contribution in [0.5, 0.6) is 0 Å². The Bertz CT molecular complexity index is 448. The predicted molar refractivity (Wildman–Crippen MR) is 57.8 cm³/mol. The van der Waals surface area contributed by atoms with E-state index in [1.807, 2.05) is 0 Å². The van der Waals surface area contributed by atoms with Gasteiger partial charge in [-0.15, -0.1) is 0 Å². The summed E-state index contributed by atoms with van der Waals surface area (Å²) in [6, 6.07) is 3.53. The van der Waals surface area contributed by atoms with E-state index in [1.165, 1.54) is 12.1 Å². The highest BCUT2D eigenvalue weighted by Gasteiger charge is 2.36. The van der Waals surface area contributed by atoms with Crippen molar-refractivity contribution < 1.29 is 22.8 Å². The van der Waals surface area contributed by atoms with Crippen molar-refractivity contribution in [1.82, 2.24) is 0 Å². The van der Waals surface area contributed by atoms with Crippen molar-refractivity contribution in [3.05, 3.63) is 33.9 Å². The molecule has 1 rings (SSSR count). The molecule has 5 nitrogen and oxygen atoms in total. The molecule has 0 fully saturated rings. The number of nitrogens with zero attached hydrogens (tertiary/aromatic N) is 1. The SMILES string of the molecule is CC(OCc1cc([N+](=O)[O-])ccc1N)C(F)(F)F. The fraction of sp³-hybridized carbons (Fsp3) is 0.400. The lowest BCUT2D eigenvalue weighted by Gasteiger charge is -2.16. The molecule has 100 valence electrons. The summed E-state index contributed by atoms with van der Waals surface area (Å²) in [4.78, 5) is 9.85. The molecule has 0 bridgehead atoms. The van der Waals surface area contributed by atoms with Crippen molar-refractivity contribution in [2.24, 2.45) is 0 Å². The minimum Gasteiger partial charge on any atom is -0.398 e. The molecule has 1 unspecified atom stereocenters. The van der Waals surface area contributed by atoms with E-state index >= 15 is 0 Å². The van der Waals surface area contributed by atoms with Gasteiger partial charge in [-0.3, -0.25) is 10.1 Å². The van der Waals surface area contributed by atoms with Crippen molar-refractivity contribution >= 4 is 11.4 Å². The number of anilines is 1. The minimum atomic E-state index is -4.48. The molecule has 1 atom stereocenters. The molecule has 0 aromatic heterocycles. The van der Waals surface area contributed by atoms with Crippen LogP contribution in [-0.2, 0) is 11.3 Å². The number of halogens is 3. The number of alkyl halides is 3. The van der Waals surface area contributed by atoms with Crippen molar-refractivity contribution in [1.29, 1.82) is 0 Å². The Hall–Kier alpha value is -1.83. The predicted octanol–water partition coefficient (Wildman–Crippen LogP) is 2.64. The maximum atomic E-state index is 12.2. The van der Waals surface area contributed by atoms with Gasteiger partial charge in [-0.25, -0.2) is 0 Å². The number of nitrogen functional groups attached to an aromatic ring is 1. The van der Waals surface area contributed by atoms with Crippen LogP contribution in [0.25, 0.3) is 0 Å². The zero-order chi connectivity index (χ0) is 13.9. The molecule has 8 heteroatoms. The van der Waals surface area contributed by atoms with Gasteiger partial charge in [0, 0.05) is 23.4 Å². The highest BCUT2D eigenvalue weighted by molar-refractivity contribution is 5.52. The highest BCUT2D eigenvalue weighted by atomic mass is 19.4. The quantitative estimate of drug-likeness (QED) is 0.515. The molecule has 0 saturated carbocycles. The summed E-state index contributed by atoms with van der Waals surface area (Å²) in [6.45, 7) is 0.418. The lowest BCUT2D eigenvalue weighted by molar-refractivity contribution is -0.384. The number of benzene rings is 1. The fourth-order valence-corrected chi connectivity index (χ4v) is 1.14. The normalized spacial score (nSPS) is 13.3. The zero-order valence-electron chi connectivity index (χ0n) is 9.40. The first-order valence-corrected chi connectivity index (χ1v) is 4.93. The van der Waals surface area contributed by atoms with Gasteiger partial charge < -0.3 is 10.5 Å². The summed E-state index contributed by atoms with van der Waals surface area (Å²) in [6.07, 6.45) is -6.44. The third-order valence-corrected chi connectivity index (χ3v) is 2.29. The first-order valence-electron chi connectivity index (χ1n) is 4.93. The van der Waals surface area contributed by atoms with E-state index in [-0.39, 0.29) is 16.9 Å². The average molecular weight is 264 g/mol. The highest BCUT2D eigenvalue weighted by Crippen LogP contribution is 2.25. The first kappa shape index (κ1) is 14.2. The molecule has 2 N–H and O–H groups in total. The third-order valence-electron chi connectivity index (χ3n) is 2.29. The molecule has 0 amide bonds. The number of nitrogens with two attached hydrogens (primary N) is 1. The Morgan fingerprint density at radius 3 is 2.61 bits per heavy atom. The van der Waals surface area contributed by atoms with Gasteiger partial charge in [-0.1, -0.05) is 0 Å². The van der Waals surface area contributed by atoms with E-state index in [9.17, 15) is 23.3 Å². The van der Waals surface area contributed by atoms with E-state index in [0.29, 0.717) is 0 Å². The lowest BCUT2D eigenvalue weighted by Crippen LogP contribution is -2.28. The Kier molecular flexibility index (Phi) is 4.12. The molecule has 1 aromatic carbocycles. The Morgan fingerprint density at radius 1 is 1.50 bits per heavy atom. The number of non-ortho nitro benzene ring substituents is 1. The molecular weight excluding hydrogens is 253 g/mol. The van der Waals surface area contributed by atoms with E-state index < -0.39 is 23.8 Å². The number of nitro benzene ring substituents is 1. The van der Waals surface area contributed by atoms with E-state index in [2.05, 4.69) is 4.74 Å². The summed E-state index contributed by atoms with van der Waals surface area (Å²) in [7, 11) is 0. The third kappa shape index (κ3) is 3.59. The number of nitro groups is 1. The van der Waals surface area contributed by atoms with Gasteiger partial charge in [0.05, 0.1) is 11.5 Å². The van der Waals surface area contributed by atoms with E-state index in [1.54, 1.807) is 0 Å². The zero-order valence-corrected chi connectivity index (χ0v) is 9.40. The molecule has 0 aliphatic carbocycles. The second kappa shape index (κ2) is 5.21. The topological polar surface area (TPSA) is 78.4 Å². The Labute approximate surface area is 100 Å². The maximum Gasteiger partial charge on any atom is 0.414 e. The first-order chi connectivity index (χ1) is 8.21. The van der Waals surface area contributed by atoms with Crippen molar-refractivity contribution in [2.45, 2.75) is 25.8 Å². The van der Waals surface area contributed by atoms with Crippen LogP contribution in [0.4, 0.5) is 24.5 Å². The largest absolute Gasteiger partial charge is 0.414 e. The molecule has 0 radical (unpaired) electrons. The van der Waals surface area contributed by atoms with Crippen LogP contribution in [0.3, 0.4) is 0 Å². The van der Waals surface area contributed by atoms with Crippen LogP contribution < -0.4 is 5.73 Å². The van der Waals surface area contributed by atoms with Gasteiger partial charge in [-0.05, 0) is 13.0 Å². The second-order valence-corrected chi connectivity index (χ2v) is 3.64. The summed E-state index contributed by atoms with van der Waals surface area (Å²) >= 11 is 0.